The highest BCUT2D eigenvalue weighted by Crippen LogP contribution is 2.15. The highest BCUT2D eigenvalue weighted by atomic mass is 32.2. The molecular weight excluding hydrogens is 312 g/mol. The molecule has 1 nitrogen and oxygen atoms in total. The summed E-state index contributed by atoms with van der Waals surface area (Å²) in [4.78, 5) is 0.886. The van der Waals surface area contributed by atoms with Gasteiger partial charge < -0.3 is 5.11 Å². The van der Waals surface area contributed by atoms with E-state index < -0.39 is 0 Å². The fourth-order valence-corrected chi connectivity index (χ4v) is 2.86. The molecule has 0 aliphatic heterocycles. The standard InChI is InChI=1S/C22H36OS/c1-3-5-6-7-8-9-10-11-12-13-14-15-16-17-18-19-20-22(21-23)24-4-2/h13-21,23H,3-12H2,1-2H3/b14-13+,16-15+,18-17+,20-19+,22-21+. The molecule has 136 valence electrons. The summed E-state index contributed by atoms with van der Waals surface area (Å²) >= 11 is 1.63. The second-order valence-corrected chi connectivity index (χ2v) is 7.12. The molecule has 0 saturated heterocycles. The maximum absolute atomic E-state index is 9.00. The first kappa shape index (κ1) is 22.9. The molecule has 24 heavy (non-hydrogen) atoms. The molecular formula is C22H36OS. The van der Waals surface area contributed by atoms with E-state index in [1.807, 2.05) is 30.4 Å². The van der Waals surface area contributed by atoms with E-state index in [4.69, 9.17) is 5.11 Å². The lowest BCUT2D eigenvalue weighted by Crippen LogP contribution is -1.79. The van der Waals surface area contributed by atoms with Gasteiger partial charge in [0.2, 0.25) is 0 Å². The third-order valence-electron chi connectivity index (χ3n) is 3.61. The van der Waals surface area contributed by atoms with Gasteiger partial charge in [-0.2, -0.15) is 0 Å². The largest absolute Gasteiger partial charge is 0.514 e. The Morgan fingerprint density at radius 1 is 0.750 bits per heavy atom. The van der Waals surface area contributed by atoms with E-state index in [1.54, 1.807) is 11.8 Å². The molecule has 0 amide bonds. The Bertz CT molecular complexity index is 402. The first-order chi connectivity index (χ1) is 11.8. The molecule has 0 unspecified atom stereocenters. The highest BCUT2D eigenvalue weighted by Gasteiger charge is 1.90. The lowest BCUT2D eigenvalue weighted by Gasteiger charge is -1.99. The van der Waals surface area contributed by atoms with Crippen molar-refractivity contribution in [3.63, 3.8) is 0 Å². The zero-order chi connectivity index (χ0) is 17.7. The average molecular weight is 349 g/mol. The van der Waals surface area contributed by atoms with Crippen molar-refractivity contribution in [3.8, 4) is 0 Å². The van der Waals surface area contributed by atoms with Crippen molar-refractivity contribution in [2.24, 2.45) is 0 Å². The number of rotatable bonds is 15. The summed E-state index contributed by atoms with van der Waals surface area (Å²) in [6, 6.07) is 0. The summed E-state index contributed by atoms with van der Waals surface area (Å²) < 4.78 is 0. The summed E-state index contributed by atoms with van der Waals surface area (Å²) in [7, 11) is 0. The van der Waals surface area contributed by atoms with Gasteiger partial charge in [-0.1, -0.05) is 101 Å². The van der Waals surface area contributed by atoms with Crippen LogP contribution < -0.4 is 0 Å². The van der Waals surface area contributed by atoms with E-state index in [1.165, 1.54) is 57.8 Å². The first-order valence-corrected chi connectivity index (χ1v) is 10.5. The van der Waals surface area contributed by atoms with Gasteiger partial charge in [0.25, 0.3) is 0 Å². The van der Waals surface area contributed by atoms with Gasteiger partial charge in [0.15, 0.2) is 0 Å². The first-order valence-electron chi connectivity index (χ1n) is 9.48. The normalized spacial score (nSPS) is 13.3. The molecule has 0 rings (SSSR count). The monoisotopic (exact) mass is 348 g/mol. The Morgan fingerprint density at radius 3 is 1.96 bits per heavy atom. The molecule has 0 fully saturated rings. The zero-order valence-electron chi connectivity index (χ0n) is 15.6. The van der Waals surface area contributed by atoms with Crippen LogP contribution in [0.2, 0.25) is 0 Å². The van der Waals surface area contributed by atoms with Crippen LogP contribution in [0, 0.1) is 0 Å². The number of unbranched alkanes of at least 4 members (excludes halogenated alkanes) is 8. The minimum Gasteiger partial charge on any atom is -0.514 e. The molecule has 0 heterocycles. The van der Waals surface area contributed by atoms with Crippen molar-refractivity contribution >= 4 is 11.8 Å². The van der Waals surface area contributed by atoms with E-state index in [-0.39, 0.29) is 0 Å². The fourth-order valence-electron chi connectivity index (χ4n) is 2.27. The minimum absolute atomic E-state index is 0.886. The predicted molar refractivity (Wildman–Crippen MR) is 113 cm³/mol. The third kappa shape index (κ3) is 17.2. The lowest BCUT2D eigenvalue weighted by atomic mass is 10.1. The predicted octanol–water partition coefficient (Wildman–Crippen LogP) is 7.89. The van der Waals surface area contributed by atoms with Crippen LogP contribution >= 0.6 is 11.8 Å². The quantitative estimate of drug-likeness (QED) is 0.184. The van der Waals surface area contributed by atoms with Crippen LogP contribution in [0.1, 0.15) is 71.6 Å². The number of hydrogen-bond acceptors (Lipinski definition) is 2. The Kier molecular flexibility index (Phi) is 18.9. The van der Waals surface area contributed by atoms with Gasteiger partial charge in [0.05, 0.1) is 6.26 Å². The topological polar surface area (TPSA) is 20.2 Å². The van der Waals surface area contributed by atoms with E-state index in [0.29, 0.717) is 0 Å². The maximum Gasteiger partial charge on any atom is 0.0927 e. The van der Waals surface area contributed by atoms with Crippen LogP contribution in [0.5, 0.6) is 0 Å². The van der Waals surface area contributed by atoms with Crippen molar-refractivity contribution in [2.45, 2.75) is 71.6 Å². The number of hydrogen-bond donors (Lipinski definition) is 1. The summed E-state index contributed by atoms with van der Waals surface area (Å²) in [6.07, 6.45) is 29.7. The maximum atomic E-state index is 9.00. The van der Waals surface area contributed by atoms with Crippen molar-refractivity contribution in [1.82, 2.24) is 0 Å². The molecule has 0 bridgehead atoms. The van der Waals surface area contributed by atoms with Gasteiger partial charge in [-0.25, -0.2) is 0 Å². The summed E-state index contributed by atoms with van der Waals surface area (Å²) in [5.74, 6) is 0.962. The molecule has 0 aliphatic rings. The molecule has 0 aliphatic carbocycles. The number of allylic oxidation sites excluding steroid dienone is 8. The minimum atomic E-state index is 0.886. The average Bonchev–Trinajstić information content (AvgIpc) is 2.60. The Hall–Kier alpha value is -1.15. The third-order valence-corrected chi connectivity index (χ3v) is 4.48. The molecule has 0 aromatic heterocycles. The number of thioether (sulfide) groups is 1. The Labute approximate surface area is 154 Å². The van der Waals surface area contributed by atoms with Crippen LogP contribution in [-0.4, -0.2) is 10.9 Å². The molecule has 1 N–H and O–H groups in total. The van der Waals surface area contributed by atoms with Gasteiger partial charge in [0.1, 0.15) is 0 Å². The van der Waals surface area contributed by atoms with E-state index in [9.17, 15) is 0 Å². The van der Waals surface area contributed by atoms with Gasteiger partial charge in [0, 0.05) is 4.91 Å². The van der Waals surface area contributed by atoms with Crippen LogP contribution in [0.15, 0.2) is 59.8 Å². The van der Waals surface area contributed by atoms with Gasteiger partial charge in [-0.15, -0.1) is 11.8 Å². The molecule has 0 spiro atoms. The number of aliphatic hydroxyl groups excluding tert-OH is 1. The summed E-state index contributed by atoms with van der Waals surface area (Å²) in [5, 5.41) is 9.00. The zero-order valence-corrected chi connectivity index (χ0v) is 16.4. The van der Waals surface area contributed by atoms with Crippen molar-refractivity contribution in [2.75, 3.05) is 5.75 Å². The molecule has 0 radical (unpaired) electrons. The van der Waals surface area contributed by atoms with Crippen LogP contribution in [0.4, 0.5) is 0 Å². The number of aliphatic hydroxyl groups is 1. The lowest BCUT2D eigenvalue weighted by molar-refractivity contribution is 0.472. The molecule has 0 aromatic carbocycles. The fraction of sp³-hybridized carbons (Fsp3) is 0.545. The SMILES string of the molecule is CCCCCCCCCC/C=C/C=C/C=C/C=C/C(=C\O)SCC. The van der Waals surface area contributed by atoms with Crippen molar-refractivity contribution in [1.29, 1.82) is 0 Å². The smallest absolute Gasteiger partial charge is 0.0927 e. The van der Waals surface area contributed by atoms with Crippen LogP contribution in [0.25, 0.3) is 0 Å². The second-order valence-electron chi connectivity index (χ2n) is 5.79. The van der Waals surface area contributed by atoms with Crippen molar-refractivity contribution < 1.29 is 5.11 Å². The van der Waals surface area contributed by atoms with E-state index in [0.717, 1.165) is 16.9 Å². The van der Waals surface area contributed by atoms with Gasteiger partial charge >= 0.3 is 0 Å². The molecule has 0 aromatic rings. The highest BCUT2D eigenvalue weighted by molar-refractivity contribution is 8.03. The summed E-state index contributed by atoms with van der Waals surface area (Å²) in [6.45, 7) is 4.34. The Balaban J connectivity index is 3.57. The Morgan fingerprint density at radius 2 is 1.33 bits per heavy atom. The van der Waals surface area contributed by atoms with E-state index in [2.05, 4.69) is 32.1 Å². The second kappa shape index (κ2) is 19.9. The molecule has 2 heteroatoms. The van der Waals surface area contributed by atoms with Gasteiger partial charge in [-0.05, 0) is 24.7 Å². The van der Waals surface area contributed by atoms with Crippen molar-refractivity contribution in [3.05, 3.63) is 59.8 Å². The molecule has 0 saturated carbocycles. The van der Waals surface area contributed by atoms with Crippen LogP contribution in [-0.2, 0) is 0 Å². The van der Waals surface area contributed by atoms with Gasteiger partial charge in [-0.3, -0.25) is 0 Å². The van der Waals surface area contributed by atoms with Crippen LogP contribution in [0.3, 0.4) is 0 Å². The summed E-state index contributed by atoms with van der Waals surface area (Å²) in [5.41, 5.74) is 0. The van der Waals surface area contributed by atoms with E-state index >= 15 is 0 Å². The molecule has 0 atom stereocenters.